The first-order chi connectivity index (χ1) is 14.4. The zero-order valence-electron chi connectivity index (χ0n) is 16.9. The molecule has 3 aromatic rings. The topological polar surface area (TPSA) is 49.0 Å². The number of methoxy groups -OCH3 is 1. The number of hydrogen-bond donors (Lipinski definition) is 0. The van der Waals surface area contributed by atoms with Crippen molar-refractivity contribution in [3.63, 3.8) is 0 Å². The van der Waals surface area contributed by atoms with Gasteiger partial charge in [-0.3, -0.25) is 0 Å². The molecular weight excluding hydrogens is 392 g/mol. The predicted molar refractivity (Wildman–Crippen MR) is 104 cm³/mol. The van der Waals surface area contributed by atoms with E-state index in [0.717, 1.165) is 33.2 Å². The summed E-state index contributed by atoms with van der Waals surface area (Å²) in [6.45, 7) is 4.32. The molecule has 2 unspecified atom stereocenters. The van der Waals surface area contributed by atoms with Crippen molar-refractivity contribution in [2.24, 2.45) is 0 Å². The number of aryl methyl sites for hydroxylation is 1. The monoisotopic (exact) mass is 413 g/mol. The second-order valence-electron chi connectivity index (χ2n) is 7.85. The number of halogens is 2. The third-order valence-electron chi connectivity index (χ3n) is 6.13. The average molecular weight is 413 g/mol. The van der Waals surface area contributed by atoms with Crippen LogP contribution in [0.4, 0.5) is 14.6 Å². The Morgan fingerprint density at radius 2 is 1.97 bits per heavy atom. The van der Waals surface area contributed by atoms with Crippen molar-refractivity contribution >= 4 is 16.7 Å². The number of benzene rings is 2. The number of hydrazine groups is 1. The minimum absolute atomic E-state index is 0.258. The number of nitrogens with zero attached hydrogens (tertiary/aromatic N) is 3. The summed E-state index contributed by atoms with van der Waals surface area (Å²) in [6.07, 6.45) is 0. The third-order valence-corrected chi connectivity index (χ3v) is 6.13. The molecule has 30 heavy (non-hydrogen) atoms. The smallest absolute Gasteiger partial charge is 0.496 e. The van der Waals surface area contributed by atoms with Crippen LogP contribution < -0.4 is 9.30 Å². The first kappa shape index (κ1) is 18.9. The standard InChI is InChI=1S/C22H21F2N3O3/c1-13-8-19-16(20(9-13)29-3)5-7-21-25(19)12-26(27(21)28)14(2)22(11-30-22)17-6-4-15(23)10-18(17)24/h4-10,14H,11-12H2,1-3H3/q+2. The highest BCUT2D eigenvalue weighted by Crippen LogP contribution is 2.46. The number of epoxide rings is 1. The van der Waals surface area contributed by atoms with Gasteiger partial charge in [-0.1, -0.05) is 11.1 Å². The maximum Gasteiger partial charge on any atom is 0.524 e. The van der Waals surface area contributed by atoms with Crippen LogP contribution >= 0.6 is 0 Å². The maximum atomic E-state index is 14.5. The van der Waals surface area contributed by atoms with Gasteiger partial charge in [0, 0.05) is 17.7 Å². The van der Waals surface area contributed by atoms with Gasteiger partial charge in [-0.2, -0.15) is 0 Å². The van der Waals surface area contributed by atoms with Gasteiger partial charge in [0.1, 0.15) is 29.0 Å². The van der Waals surface area contributed by atoms with E-state index < -0.39 is 23.3 Å². The zero-order valence-corrected chi connectivity index (χ0v) is 16.9. The first-order valence-corrected chi connectivity index (χ1v) is 9.70. The van der Waals surface area contributed by atoms with E-state index >= 15 is 0 Å². The second kappa shape index (κ2) is 6.43. The average Bonchev–Trinajstić information content (AvgIpc) is 3.45. The normalized spacial score (nSPS) is 21.1. The van der Waals surface area contributed by atoms with E-state index in [-0.39, 0.29) is 18.8 Å². The summed E-state index contributed by atoms with van der Waals surface area (Å²) < 4.78 is 40.9. The quantitative estimate of drug-likeness (QED) is 0.484. The summed E-state index contributed by atoms with van der Waals surface area (Å²) in [5, 5.41) is 2.50. The number of ether oxygens (including phenoxy) is 2. The largest absolute Gasteiger partial charge is 0.524 e. The molecular formula is C22H21F2N3O3+2. The Hall–Kier alpha value is -3.13. The van der Waals surface area contributed by atoms with Crippen LogP contribution in [-0.4, -0.2) is 29.6 Å². The lowest BCUT2D eigenvalue weighted by atomic mass is 9.92. The highest BCUT2D eigenvalue weighted by atomic mass is 19.1. The summed E-state index contributed by atoms with van der Waals surface area (Å²) in [4.78, 5) is 14.0. The molecule has 2 aliphatic rings. The van der Waals surface area contributed by atoms with Crippen LogP contribution in [0, 0.1) is 23.5 Å². The number of nitroso groups, excluding NO2 is 1. The molecule has 3 heterocycles. The van der Waals surface area contributed by atoms with Gasteiger partial charge < -0.3 is 9.47 Å². The van der Waals surface area contributed by atoms with Gasteiger partial charge in [0.15, 0.2) is 0 Å². The molecule has 154 valence electrons. The Labute approximate surface area is 171 Å². The molecule has 0 radical (unpaired) electrons. The third kappa shape index (κ3) is 2.60. The van der Waals surface area contributed by atoms with Crippen LogP contribution in [0.2, 0.25) is 0 Å². The Kier molecular flexibility index (Phi) is 4.05. The van der Waals surface area contributed by atoms with Gasteiger partial charge >= 0.3 is 5.82 Å². The van der Waals surface area contributed by atoms with Gasteiger partial charge in [-0.25, -0.2) is 8.78 Å². The summed E-state index contributed by atoms with van der Waals surface area (Å²) in [5.74, 6) is -0.117. The fourth-order valence-corrected chi connectivity index (χ4v) is 4.38. The molecule has 6 nitrogen and oxygen atoms in total. The molecule has 0 bridgehead atoms. The number of rotatable bonds is 4. The Bertz CT molecular complexity index is 1210. The predicted octanol–water partition coefficient (Wildman–Crippen LogP) is 3.64. The van der Waals surface area contributed by atoms with E-state index in [1.54, 1.807) is 18.2 Å². The van der Waals surface area contributed by atoms with Gasteiger partial charge in [0.05, 0.1) is 30.1 Å². The molecule has 0 amide bonds. The van der Waals surface area contributed by atoms with Crippen LogP contribution in [0.25, 0.3) is 10.9 Å². The van der Waals surface area contributed by atoms with E-state index in [0.29, 0.717) is 5.82 Å². The molecule has 2 aliphatic heterocycles. The zero-order chi connectivity index (χ0) is 21.2. The lowest BCUT2D eigenvalue weighted by Crippen LogP contribution is -2.46. The summed E-state index contributed by atoms with van der Waals surface area (Å²) in [7, 11) is 1.62. The molecule has 1 saturated heterocycles. The molecule has 5 rings (SSSR count). The van der Waals surface area contributed by atoms with Crippen molar-refractivity contribution in [3.8, 4) is 5.75 Å². The van der Waals surface area contributed by atoms with Gasteiger partial charge in [0.25, 0.3) is 6.67 Å². The van der Waals surface area contributed by atoms with Gasteiger partial charge in [-0.15, -0.1) is 4.57 Å². The fraction of sp³-hybridized carbons (Fsp3) is 0.318. The molecule has 0 spiro atoms. The number of aromatic nitrogens is 1. The molecule has 2 aromatic carbocycles. The molecule has 0 saturated carbocycles. The summed E-state index contributed by atoms with van der Waals surface area (Å²) in [5.41, 5.74) is 1.15. The van der Waals surface area contributed by atoms with Crippen LogP contribution in [0.15, 0.2) is 42.5 Å². The van der Waals surface area contributed by atoms with Gasteiger partial charge in [0.2, 0.25) is 10.4 Å². The van der Waals surface area contributed by atoms with E-state index in [1.807, 2.05) is 36.6 Å². The minimum atomic E-state index is -0.994. The Morgan fingerprint density at radius 3 is 2.63 bits per heavy atom. The number of pyridine rings is 1. The number of hydrogen-bond acceptors (Lipinski definition) is 3. The van der Waals surface area contributed by atoms with Crippen LogP contribution in [0.3, 0.4) is 0 Å². The van der Waals surface area contributed by atoms with Crippen molar-refractivity contribution in [1.29, 1.82) is 0 Å². The van der Waals surface area contributed by atoms with Crippen molar-refractivity contribution in [2.75, 3.05) is 13.7 Å². The summed E-state index contributed by atoms with van der Waals surface area (Å²) >= 11 is 0. The minimum Gasteiger partial charge on any atom is -0.496 e. The highest BCUT2D eigenvalue weighted by molar-refractivity contribution is 5.84. The Morgan fingerprint density at radius 1 is 1.20 bits per heavy atom. The molecule has 1 fully saturated rings. The van der Waals surface area contributed by atoms with Crippen molar-refractivity contribution in [1.82, 2.24) is 5.01 Å². The lowest BCUT2D eigenvalue weighted by Gasteiger charge is -2.21. The van der Waals surface area contributed by atoms with Crippen molar-refractivity contribution in [3.05, 3.63) is 70.1 Å². The maximum absolute atomic E-state index is 14.5. The van der Waals surface area contributed by atoms with E-state index in [9.17, 15) is 13.7 Å². The Balaban J connectivity index is 1.56. The van der Waals surface area contributed by atoms with E-state index in [2.05, 4.69) is 0 Å². The molecule has 8 heteroatoms. The lowest BCUT2D eigenvalue weighted by molar-refractivity contribution is -0.662. The molecule has 1 aromatic heterocycles. The molecule has 0 N–H and O–H groups in total. The van der Waals surface area contributed by atoms with Crippen LogP contribution in [0.5, 0.6) is 5.75 Å². The van der Waals surface area contributed by atoms with E-state index in [1.165, 1.54) is 12.1 Å². The fourth-order valence-electron chi connectivity index (χ4n) is 4.38. The van der Waals surface area contributed by atoms with Crippen molar-refractivity contribution in [2.45, 2.75) is 32.2 Å². The first-order valence-electron chi connectivity index (χ1n) is 9.70. The molecule has 0 aliphatic carbocycles. The SMILES string of the molecule is COc1cc(C)cc2c1ccc1[n+]2CN(C(C)C2(c3ccc(F)cc3F)CO2)[N+]1=O. The second-order valence-corrected chi connectivity index (χ2v) is 7.85. The van der Waals surface area contributed by atoms with Crippen LogP contribution in [0.1, 0.15) is 18.1 Å². The van der Waals surface area contributed by atoms with Crippen molar-refractivity contribution < 1.29 is 27.7 Å². The van der Waals surface area contributed by atoms with Crippen LogP contribution in [-0.2, 0) is 17.0 Å². The number of fused-ring (bicyclic) bond motifs is 3. The van der Waals surface area contributed by atoms with E-state index in [4.69, 9.17) is 9.47 Å². The highest BCUT2D eigenvalue weighted by Gasteiger charge is 2.62. The van der Waals surface area contributed by atoms with Gasteiger partial charge in [-0.05, 0) is 37.6 Å². The molecule has 2 atom stereocenters. The summed E-state index contributed by atoms with van der Waals surface area (Å²) in [6, 6.07) is 10.5.